The van der Waals surface area contributed by atoms with Crippen molar-refractivity contribution >= 4 is 16.9 Å². The second kappa shape index (κ2) is 6.64. The largest absolute Gasteiger partial charge is 0.348 e. The predicted octanol–water partition coefficient (Wildman–Crippen LogP) is 2.42. The molecule has 3 heterocycles. The molecule has 1 aliphatic heterocycles. The molecule has 1 saturated heterocycles. The van der Waals surface area contributed by atoms with Crippen LogP contribution >= 0.6 is 0 Å². The molecule has 1 aliphatic rings. The molecular weight excluding hydrogens is 314 g/mol. The number of carbonyl (C=O) groups is 1. The van der Waals surface area contributed by atoms with E-state index in [2.05, 4.69) is 25.6 Å². The summed E-state index contributed by atoms with van der Waals surface area (Å²) >= 11 is 0. The van der Waals surface area contributed by atoms with Crippen molar-refractivity contribution < 1.29 is 4.79 Å². The molecule has 0 spiro atoms. The Kier molecular flexibility index (Phi) is 4.19. The zero-order valence-electron chi connectivity index (χ0n) is 14.2. The highest BCUT2D eigenvalue weighted by molar-refractivity contribution is 5.94. The van der Waals surface area contributed by atoms with Gasteiger partial charge in [-0.05, 0) is 50.6 Å². The fourth-order valence-electron chi connectivity index (χ4n) is 3.24. The van der Waals surface area contributed by atoms with E-state index < -0.39 is 0 Å². The van der Waals surface area contributed by atoms with Gasteiger partial charge in [-0.2, -0.15) is 0 Å². The van der Waals surface area contributed by atoms with Gasteiger partial charge in [0.15, 0.2) is 0 Å². The van der Waals surface area contributed by atoms with Crippen LogP contribution in [0.25, 0.3) is 22.3 Å². The minimum Gasteiger partial charge on any atom is -0.348 e. The van der Waals surface area contributed by atoms with Crippen molar-refractivity contribution in [3.63, 3.8) is 0 Å². The fraction of sp³-hybridized carbons (Fsp3) is 0.316. The van der Waals surface area contributed by atoms with Gasteiger partial charge in [0.2, 0.25) is 0 Å². The summed E-state index contributed by atoms with van der Waals surface area (Å²) in [7, 11) is 0. The van der Waals surface area contributed by atoms with Crippen LogP contribution in [0.4, 0.5) is 0 Å². The normalized spacial score (nSPS) is 17.6. The van der Waals surface area contributed by atoms with Gasteiger partial charge in [0.25, 0.3) is 5.91 Å². The van der Waals surface area contributed by atoms with Gasteiger partial charge in [0.05, 0.1) is 22.3 Å². The zero-order valence-corrected chi connectivity index (χ0v) is 14.2. The number of imidazole rings is 1. The molecule has 0 radical (unpaired) electrons. The third-order valence-electron chi connectivity index (χ3n) is 4.55. The van der Waals surface area contributed by atoms with Crippen molar-refractivity contribution in [3.05, 3.63) is 47.9 Å². The Bertz CT molecular complexity index is 894. The Labute approximate surface area is 146 Å². The molecular formula is C19H21N5O. The van der Waals surface area contributed by atoms with Crippen LogP contribution in [0, 0.1) is 6.92 Å². The Morgan fingerprint density at radius 3 is 2.96 bits per heavy atom. The molecule has 3 N–H and O–H groups in total. The number of pyridine rings is 1. The van der Waals surface area contributed by atoms with Crippen LogP contribution < -0.4 is 10.6 Å². The Balaban J connectivity index is 1.51. The van der Waals surface area contributed by atoms with Crippen LogP contribution in [-0.4, -0.2) is 40.0 Å². The summed E-state index contributed by atoms with van der Waals surface area (Å²) in [5, 5.41) is 6.37. The van der Waals surface area contributed by atoms with Crippen molar-refractivity contribution in [1.82, 2.24) is 25.6 Å². The van der Waals surface area contributed by atoms with E-state index in [4.69, 9.17) is 0 Å². The lowest BCUT2D eigenvalue weighted by molar-refractivity contribution is 0.0930. The van der Waals surface area contributed by atoms with Crippen molar-refractivity contribution in [2.45, 2.75) is 25.8 Å². The van der Waals surface area contributed by atoms with E-state index in [1.807, 2.05) is 37.3 Å². The molecule has 0 aliphatic carbocycles. The average Bonchev–Trinajstić information content (AvgIpc) is 3.02. The topological polar surface area (TPSA) is 82.7 Å². The predicted molar refractivity (Wildman–Crippen MR) is 97.4 cm³/mol. The summed E-state index contributed by atoms with van der Waals surface area (Å²) in [6.07, 6.45) is 3.76. The molecule has 3 aromatic rings. The highest BCUT2D eigenvalue weighted by Gasteiger charge is 2.16. The van der Waals surface area contributed by atoms with Crippen LogP contribution in [0.1, 0.15) is 29.0 Å². The number of aryl methyl sites for hydroxylation is 1. The van der Waals surface area contributed by atoms with Crippen LogP contribution in [-0.2, 0) is 0 Å². The summed E-state index contributed by atoms with van der Waals surface area (Å²) in [5.41, 5.74) is 4.36. The van der Waals surface area contributed by atoms with E-state index >= 15 is 0 Å². The van der Waals surface area contributed by atoms with Crippen LogP contribution in [0.5, 0.6) is 0 Å². The maximum Gasteiger partial charge on any atom is 0.253 e. The maximum absolute atomic E-state index is 12.3. The molecule has 4 rings (SSSR count). The molecule has 1 fully saturated rings. The van der Waals surface area contributed by atoms with Crippen molar-refractivity contribution in [2.24, 2.45) is 0 Å². The summed E-state index contributed by atoms with van der Waals surface area (Å²) in [4.78, 5) is 24.5. The SMILES string of the molecule is Cc1nc2ccc(-c3ccc(C(=O)NC4CCCNC4)cn3)cc2[nH]1. The number of benzene rings is 1. The monoisotopic (exact) mass is 335 g/mol. The number of rotatable bonds is 3. The van der Waals surface area contributed by atoms with Gasteiger partial charge in [0, 0.05) is 24.3 Å². The summed E-state index contributed by atoms with van der Waals surface area (Å²) in [6, 6.07) is 9.93. The summed E-state index contributed by atoms with van der Waals surface area (Å²) in [6.45, 7) is 3.80. The number of H-pyrrole nitrogens is 1. The molecule has 128 valence electrons. The third-order valence-corrected chi connectivity index (χ3v) is 4.55. The van der Waals surface area contributed by atoms with Gasteiger partial charge in [0.1, 0.15) is 5.82 Å². The minimum absolute atomic E-state index is 0.0626. The Hall–Kier alpha value is -2.73. The molecule has 25 heavy (non-hydrogen) atoms. The lowest BCUT2D eigenvalue weighted by Gasteiger charge is -2.23. The first-order chi connectivity index (χ1) is 12.2. The first-order valence-corrected chi connectivity index (χ1v) is 8.63. The van der Waals surface area contributed by atoms with E-state index in [1.165, 1.54) is 0 Å². The Morgan fingerprint density at radius 1 is 1.28 bits per heavy atom. The maximum atomic E-state index is 12.3. The molecule has 0 saturated carbocycles. The number of nitrogens with one attached hydrogen (secondary N) is 3. The zero-order chi connectivity index (χ0) is 17.2. The number of carbonyl (C=O) groups excluding carboxylic acids is 1. The van der Waals surface area contributed by atoms with Gasteiger partial charge >= 0.3 is 0 Å². The first kappa shape index (κ1) is 15.8. The van der Waals surface area contributed by atoms with Crippen molar-refractivity contribution in [2.75, 3.05) is 13.1 Å². The standard InChI is InChI=1S/C19H21N5O/c1-12-22-17-7-4-13(9-18(17)23-12)16-6-5-14(10-21-16)19(25)24-15-3-2-8-20-11-15/h4-7,9-10,15,20H,2-3,8,11H2,1H3,(H,22,23)(H,24,25). The number of piperidine rings is 1. The number of amides is 1. The molecule has 1 amide bonds. The van der Waals surface area contributed by atoms with Crippen LogP contribution in [0.2, 0.25) is 0 Å². The van der Waals surface area contributed by atoms with Gasteiger partial charge in [-0.1, -0.05) is 6.07 Å². The average molecular weight is 335 g/mol. The van der Waals surface area contributed by atoms with Gasteiger partial charge in [-0.3, -0.25) is 9.78 Å². The molecule has 1 unspecified atom stereocenters. The number of fused-ring (bicyclic) bond motifs is 1. The molecule has 1 aromatic carbocycles. The number of hydrogen-bond donors (Lipinski definition) is 3. The van der Waals surface area contributed by atoms with E-state index in [0.29, 0.717) is 5.56 Å². The smallest absolute Gasteiger partial charge is 0.253 e. The fourth-order valence-corrected chi connectivity index (χ4v) is 3.24. The highest BCUT2D eigenvalue weighted by Crippen LogP contribution is 2.22. The molecule has 0 bridgehead atoms. The highest BCUT2D eigenvalue weighted by atomic mass is 16.1. The van der Waals surface area contributed by atoms with Gasteiger partial charge in [-0.25, -0.2) is 4.98 Å². The second-order valence-electron chi connectivity index (χ2n) is 6.50. The summed E-state index contributed by atoms with van der Waals surface area (Å²) < 4.78 is 0. The molecule has 6 heteroatoms. The summed E-state index contributed by atoms with van der Waals surface area (Å²) in [5.74, 6) is 0.830. The number of aromatic amines is 1. The molecule has 1 atom stereocenters. The van der Waals surface area contributed by atoms with E-state index in [-0.39, 0.29) is 11.9 Å². The van der Waals surface area contributed by atoms with E-state index in [9.17, 15) is 4.79 Å². The lowest BCUT2D eigenvalue weighted by Crippen LogP contribution is -2.45. The number of nitrogens with zero attached hydrogens (tertiary/aromatic N) is 2. The van der Waals surface area contributed by atoms with Crippen molar-refractivity contribution in [1.29, 1.82) is 0 Å². The minimum atomic E-state index is -0.0626. The Morgan fingerprint density at radius 2 is 2.20 bits per heavy atom. The van der Waals surface area contributed by atoms with E-state index in [1.54, 1.807) is 6.20 Å². The first-order valence-electron chi connectivity index (χ1n) is 8.63. The third kappa shape index (κ3) is 3.39. The molecule has 2 aromatic heterocycles. The van der Waals surface area contributed by atoms with E-state index in [0.717, 1.165) is 54.0 Å². The van der Waals surface area contributed by atoms with Gasteiger partial charge in [-0.15, -0.1) is 0 Å². The number of hydrogen-bond acceptors (Lipinski definition) is 4. The van der Waals surface area contributed by atoms with Crippen molar-refractivity contribution in [3.8, 4) is 11.3 Å². The van der Waals surface area contributed by atoms with Crippen LogP contribution in [0.3, 0.4) is 0 Å². The lowest BCUT2D eigenvalue weighted by atomic mass is 10.1. The quantitative estimate of drug-likeness (QED) is 0.686. The van der Waals surface area contributed by atoms with Crippen LogP contribution in [0.15, 0.2) is 36.5 Å². The number of aromatic nitrogens is 3. The molecule has 6 nitrogen and oxygen atoms in total. The second-order valence-corrected chi connectivity index (χ2v) is 6.50. The van der Waals surface area contributed by atoms with Gasteiger partial charge < -0.3 is 15.6 Å².